The zero-order valence-corrected chi connectivity index (χ0v) is 16.3. The van der Waals surface area contributed by atoms with Crippen LogP contribution in [0.15, 0.2) is 53.6 Å². The molecule has 5 nitrogen and oxygen atoms in total. The first kappa shape index (κ1) is 19.0. The fraction of sp³-hybridized carbons (Fsp3) is 0.364. The highest BCUT2D eigenvalue weighted by molar-refractivity contribution is 5.93. The summed E-state index contributed by atoms with van der Waals surface area (Å²) in [5.41, 5.74) is 3.29. The molecule has 2 aromatic rings. The van der Waals surface area contributed by atoms with Crippen LogP contribution in [0, 0.1) is 5.41 Å². The van der Waals surface area contributed by atoms with Gasteiger partial charge in [-0.15, -0.1) is 0 Å². The van der Waals surface area contributed by atoms with Crippen molar-refractivity contribution in [3.8, 4) is 5.75 Å². The molecule has 1 aliphatic heterocycles. The average Bonchev–Trinajstić information content (AvgIpc) is 3.08. The van der Waals surface area contributed by atoms with Crippen molar-refractivity contribution in [2.45, 2.75) is 40.2 Å². The van der Waals surface area contributed by atoms with E-state index in [4.69, 9.17) is 14.9 Å². The molecule has 1 unspecified atom stereocenters. The Morgan fingerprint density at radius 2 is 1.85 bits per heavy atom. The molecule has 27 heavy (non-hydrogen) atoms. The number of benzene rings is 2. The minimum Gasteiger partial charge on any atom is -0.494 e. The topological polar surface area (TPSA) is 62.1 Å². The smallest absolute Gasteiger partial charge is 0.335 e. The first-order chi connectivity index (χ1) is 12.8. The number of para-hydroxylation sites is 1. The van der Waals surface area contributed by atoms with Gasteiger partial charge in [0.25, 0.3) is 0 Å². The summed E-state index contributed by atoms with van der Waals surface area (Å²) in [5, 5.41) is 16.1. The van der Waals surface area contributed by atoms with Gasteiger partial charge in [-0.2, -0.15) is 5.10 Å². The molecule has 2 aromatic carbocycles. The van der Waals surface area contributed by atoms with Crippen molar-refractivity contribution in [2.75, 3.05) is 11.6 Å². The number of hydrogen-bond donors (Lipinski definition) is 1. The molecule has 1 N–H and O–H groups in total. The van der Waals surface area contributed by atoms with Gasteiger partial charge >= 0.3 is 5.97 Å². The van der Waals surface area contributed by atoms with Gasteiger partial charge in [-0.05, 0) is 37.3 Å². The molecule has 0 amide bonds. The van der Waals surface area contributed by atoms with Crippen LogP contribution in [0.2, 0.25) is 0 Å². The minimum atomic E-state index is -0.930. The summed E-state index contributed by atoms with van der Waals surface area (Å²) in [4.78, 5) is 11.2. The van der Waals surface area contributed by atoms with Gasteiger partial charge in [0.1, 0.15) is 5.75 Å². The molecular formula is C22H26N2O3. The number of carboxylic acids is 1. The lowest BCUT2D eigenvalue weighted by atomic mass is 9.85. The highest BCUT2D eigenvalue weighted by Gasteiger charge is 2.35. The standard InChI is InChI=1S/C22H26N2O3/c1-5-27-19-9-7-6-8-17(19)18-14-20(22(2,3)4)23-24(18)16-12-10-15(11-13-16)21(25)26/h6-13,18H,5,14H2,1-4H3,(H,25,26). The third-order valence-corrected chi connectivity index (χ3v) is 4.73. The minimum absolute atomic E-state index is 0.0117. The third-order valence-electron chi connectivity index (χ3n) is 4.73. The predicted octanol–water partition coefficient (Wildman–Crippen LogP) is 5.14. The second-order valence-electron chi connectivity index (χ2n) is 7.68. The van der Waals surface area contributed by atoms with Crippen molar-refractivity contribution < 1.29 is 14.6 Å². The van der Waals surface area contributed by atoms with Crippen molar-refractivity contribution in [1.29, 1.82) is 0 Å². The van der Waals surface area contributed by atoms with Crippen molar-refractivity contribution in [1.82, 2.24) is 0 Å². The number of rotatable bonds is 5. The number of carbonyl (C=O) groups is 1. The molecule has 0 saturated heterocycles. The number of aromatic carboxylic acids is 1. The number of nitrogens with zero attached hydrogens (tertiary/aromatic N) is 2. The van der Waals surface area contributed by atoms with Crippen LogP contribution < -0.4 is 9.75 Å². The molecule has 0 aliphatic carbocycles. The molecule has 0 bridgehead atoms. The molecule has 5 heteroatoms. The van der Waals surface area contributed by atoms with Crippen LogP contribution in [-0.4, -0.2) is 23.4 Å². The molecule has 1 heterocycles. The van der Waals surface area contributed by atoms with Gasteiger partial charge in [0.05, 0.1) is 23.9 Å². The van der Waals surface area contributed by atoms with E-state index in [0.29, 0.717) is 6.61 Å². The predicted molar refractivity (Wildman–Crippen MR) is 108 cm³/mol. The van der Waals surface area contributed by atoms with Crippen LogP contribution in [0.4, 0.5) is 5.69 Å². The SMILES string of the molecule is CCOc1ccccc1C1CC(C(C)(C)C)=NN1c1ccc(C(=O)O)cc1. The van der Waals surface area contributed by atoms with E-state index in [1.807, 2.05) is 42.3 Å². The van der Waals surface area contributed by atoms with Gasteiger partial charge < -0.3 is 9.84 Å². The van der Waals surface area contributed by atoms with Crippen LogP contribution in [0.3, 0.4) is 0 Å². The second kappa shape index (κ2) is 7.43. The van der Waals surface area contributed by atoms with E-state index >= 15 is 0 Å². The van der Waals surface area contributed by atoms with E-state index in [0.717, 1.165) is 29.1 Å². The van der Waals surface area contributed by atoms with Crippen LogP contribution >= 0.6 is 0 Å². The normalized spacial score (nSPS) is 17.0. The Balaban J connectivity index is 2.03. The number of hydrazone groups is 1. The second-order valence-corrected chi connectivity index (χ2v) is 7.68. The van der Waals surface area contributed by atoms with Gasteiger partial charge in [-0.3, -0.25) is 5.01 Å². The molecule has 0 saturated carbocycles. The van der Waals surface area contributed by atoms with E-state index in [2.05, 4.69) is 26.8 Å². The molecule has 3 rings (SSSR count). The van der Waals surface area contributed by atoms with E-state index < -0.39 is 5.97 Å². The highest BCUT2D eigenvalue weighted by atomic mass is 16.5. The van der Waals surface area contributed by atoms with Crippen LogP contribution in [0.5, 0.6) is 5.75 Å². The summed E-state index contributed by atoms with van der Waals surface area (Å²) in [5.74, 6) is -0.0670. The zero-order chi connectivity index (χ0) is 19.6. The summed E-state index contributed by atoms with van der Waals surface area (Å²) in [6, 6.07) is 14.9. The Hall–Kier alpha value is -2.82. The molecule has 0 spiro atoms. The Labute approximate surface area is 160 Å². The summed E-state index contributed by atoms with van der Waals surface area (Å²) in [6.07, 6.45) is 0.800. The van der Waals surface area contributed by atoms with Crippen molar-refractivity contribution in [2.24, 2.45) is 10.5 Å². The van der Waals surface area contributed by atoms with Crippen LogP contribution in [0.25, 0.3) is 0 Å². The summed E-state index contributed by atoms with van der Waals surface area (Å²) >= 11 is 0. The fourth-order valence-electron chi connectivity index (χ4n) is 3.25. The van der Waals surface area contributed by atoms with E-state index in [1.54, 1.807) is 12.1 Å². The lowest BCUT2D eigenvalue weighted by Gasteiger charge is -2.25. The van der Waals surface area contributed by atoms with Crippen LogP contribution in [-0.2, 0) is 0 Å². The molecule has 1 aliphatic rings. The molecule has 0 fully saturated rings. The highest BCUT2D eigenvalue weighted by Crippen LogP contribution is 2.42. The van der Waals surface area contributed by atoms with E-state index in [-0.39, 0.29) is 17.0 Å². The van der Waals surface area contributed by atoms with Crippen LogP contribution in [0.1, 0.15) is 56.1 Å². The monoisotopic (exact) mass is 366 g/mol. The van der Waals surface area contributed by atoms with Gasteiger partial charge in [-0.25, -0.2) is 4.79 Å². The van der Waals surface area contributed by atoms with Crippen molar-refractivity contribution >= 4 is 17.4 Å². The van der Waals surface area contributed by atoms with Crippen molar-refractivity contribution in [3.05, 3.63) is 59.7 Å². The molecule has 0 aromatic heterocycles. The lowest BCUT2D eigenvalue weighted by Crippen LogP contribution is -2.20. The number of anilines is 1. The maximum atomic E-state index is 11.2. The van der Waals surface area contributed by atoms with Crippen molar-refractivity contribution in [3.63, 3.8) is 0 Å². The average molecular weight is 366 g/mol. The van der Waals surface area contributed by atoms with E-state index in [1.165, 1.54) is 0 Å². The van der Waals surface area contributed by atoms with Gasteiger partial charge in [0.2, 0.25) is 0 Å². The van der Waals surface area contributed by atoms with Gasteiger partial charge in [-0.1, -0.05) is 39.0 Å². The molecule has 0 radical (unpaired) electrons. The quantitative estimate of drug-likeness (QED) is 0.796. The molecule has 1 atom stereocenters. The number of carboxylic acid groups (broad SMARTS) is 1. The Bertz CT molecular complexity index is 851. The fourth-order valence-corrected chi connectivity index (χ4v) is 3.25. The Morgan fingerprint density at radius 1 is 1.19 bits per heavy atom. The first-order valence-electron chi connectivity index (χ1n) is 9.23. The summed E-state index contributed by atoms with van der Waals surface area (Å²) in [6.45, 7) is 9.06. The van der Waals surface area contributed by atoms with Gasteiger partial charge in [0.15, 0.2) is 0 Å². The zero-order valence-electron chi connectivity index (χ0n) is 16.3. The summed E-state index contributed by atoms with van der Waals surface area (Å²) in [7, 11) is 0. The first-order valence-corrected chi connectivity index (χ1v) is 9.23. The Kier molecular flexibility index (Phi) is 5.22. The van der Waals surface area contributed by atoms with Gasteiger partial charge in [0, 0.05) is 23.1 Å². The Morgan fingerprint density at radius 3 is 2.44 bits per heavy atom. The molecular weight excluding hydrogens is 340 g/mol. The maximum Gasteiger partial charge on any atom is 0.335 e. The summed E-state index contributed by atoms with van der Waals surface area (Å²) < 4.78 is 5.85. The third kappa shape index (κ3) is 3.97. The lowest BCUT2D eigenvalue weighted by molar-refractivity contribution is 0.0697. The largest absolute Gasteiger partial charge is 0.494 e. The number of hydrogen-bond acceptors (Lipinski definition) is 4. The van der Waals surface area contributed by atoms with E-state index in [9.17, 15) is 4.79 Å². The number of ether oxygens (including phenoxy) is 1. The molecule has 142 valence electrons. The maximum absolute atomic E-state index is 11.2.